The van der Waals surface area contributed by atoms with Crippen molar-refractivity contribution in [1.29, 1.82) is 0 Å². The molecule has 11 heteroatoms. The molecule has 9 nitrogen and oxygen atoms in total. The molecule has 0 saturated carbocycles. The highest BCUT2D eigenvalue weighted by molar-refractivity contribution is 9.10. The number of aromatic nitrogens is 3. The maximum absolute atomic E-state index is 13.2. The van der Waals surface area contributed by atoms with Gasteiger partial charge >= 0.3 is 0 Å². The van der Waals surface area contributed by atoms with Crippen molar-refractivity contribution in [3.63, 3.8) is 0 Å². The van der Waals surface area contributed by atoms with Gasteiger partial charge < -0.3 is 15.0 Å². The van der Waals surface area contributed by atoms with Gasteiger partial charge in [0.1, 0.15) is 0 Å². The van der Waals surface area contributed by atoms with Gasteiger partial charge in [-0.15, -0.1) is 0 Å². The number of thiazole rings is 1. The van der Waals surface area contributed by atoms with Gasteiger partial charge in [0.05, 0.1) is 34.3 Å². The number of aliphatic imine (C=N–C) groups is 1. The summed E-state index contributed by atoms with van der Waals surface area (Å²) in [5.74, 6) is -0.0179. The average molecular weight is 640 g/mol. The molecule has 5 rings (SSSR count). The van der Waals surface area contributed by atoms with Crippen LogP contribution in [-0.2, 0) is 22.4 Å². The molecule has 1 aromatic carbocycles. The number of allylic oxidation sites excluding steroid dienone is 3. The van der Waals surface area contributed by atoms with Gasteiger partial charge in [-0.3, -0.25) is 14.6 Å². The van der Waals surface area contributed by atoms with E-state index in [1.165, 1.54) is 17.8 Å². The van der Waals surface area contributed by atoms with Gasteiger partial charge in [-0.2, -0.15) is 5.10 Å². The van der Waals surface area contributed by atoms with Gasteiger partial charge in [0, 0.05) is 47.1 Å². The summed E-state index contributed by atoms with van der Waals surface area (Å²) < 4.78 is 8.14. The molecule has 0 radical (unpaired) electrons. The molecule has 3 heterocycles. The maximum atomic E-state index is 13.2. The van der Waals surface area contributed by atoms with Crippen molar-refractivity contribution < 1.29 is 14.3 Å². The normalized spacial score (nSPS) is 14.9. The highest BCUT2D eigenvalue weighted by atomic mass is 79.9. The van der Waals surface area contributed by atoms with Crippen LogP contribution in [0.2, 0.25) is 0 Å². The molecule has 0 atom stereocenters. The van der Waals surface area contributed by atoms with E-state index in [0.717, 1.165) is 62.5 Å². The van der Waals surface area contributed by atoms with Crippen LogP contribution in [-0.4, -0.2) is 65.0 Å². The number of amides is 2. The Kier molecular flexibility index (Phi) is 10.8. The number of fused-ring (bicyclic) bond motifs is 3. The van der Waals surface area contributed by atoms with Crippen LogP contribution in [0.1, 0.15) is 60.9 Å². The van der Waals surface area contributed by atoms with E-state index in [-0.39, 0.29) is 5.91 Å². The largest absolute Gasteiger partial charge is 0.380 e. The molecule has 1 aliphatic heterocycles. The smallest absolute Gasteiger partial charge is 0.253 e. The van der Waals surface area contributed by atoms with Crippen molar-refractivity contribution in [3.8, 4) is 16.3 Å². The molecule has 3 aromatic rings. The van der Waals surface area contributed by atoms with Crippen LogP contribution >= 0.6 is 27.3 Å². The van der Waals surface area contributed by atoms with Crippen molar-refractivity contribution in [1.82, 2.24) is 19.7 Å². The second-order valence-corrected chi connectivity index (χ2v) is 11.4. The highest BCUT2D eigenvalue weighted by Gasteiger charge is 2.31. The number of carbonyl (C=O) groups excluding carboxylic acids is 2. The molecule has 216 valence electrons. The first-order valence-electron chi connectivity index (χ1n) is 13.7. The molecule has 41 heavy (non-hydrogen) atoms. The lowest BCUT2D eigenvalue weighted by Gasteiger charge is -2.20. The summed E-state index contributed by atoms with van der Waals surface area (Å²) in [6.07, 6.45) is 9.79. The van der Waals surface area contributed by atoms with Crippen LogP contribution in [0.25, 0.3) is 21.8 Å². The number of hydrogen-bond acceptors (Lipinski definition) is 7. The Morgan fingerprint density at radius 3 is 2.78 bits per heavy atom. The first-order chi connectivity index (χ1) is 20.0. The molecule has 1 saturated heterocycles. The fraction of sp³-hybridized carbons (Fsp3) is 0.367. The van der Waals surface area contributed by atoms with Crippen molar-refractivity contribution in [3.05, 3.63) is 63.5 Å². The zero-order chi connectivity index (χ0) is 29.4. The van der Waals surface area contributed by atoms with Gasteiger partial charge in [-0.1, -0.05) is 43.8 Å². The van der Waals surface area contributed by atoms with Crippen LogP contribution in [0.4, 0.5) is 5.13 Å². The lowest BCUT2D eigenvalue weighted by Crippen LogP contribution is -2.33. The number of aryl methyl sites for hydroxylation is 1. The Labute approximate surface area is 253 Å². The lowest BCUT2D eigenvalue weighted by atomic mass is 9.95. The van der Waals surface area contributed by atoms with Gasteiger partial charge in [-0.25, -0.2) is 9.67 Å². The number of ether oxygens (including phenoxy) is 1. The summed E-state index contributed by atoms with van der Waals surface area (Å²) >= 11 is 5.14. The predicted octanol–water partition coefficient (Wildman–Crippen LogP) is 6.32. The Morgan fingerprint density at radius 2 is 2.07 bits per heavy atom. The van der Waals surface area contributed by atoms with E-state index in [9.17, 15) is 9.59 Å². The average Bonchev–Trinajstić information content (AvgIpc) is 3.43. The van der Waals surface area contributed by atoms with Crippen LogP contribution in [0.5, 0.6) is 0 Å². The molecule has 2 aromatic heterocycles. The predicted molar refractivity (Wildman–Crippen MR) is 169 cm³/mol. The molecule has 0 spiro atoms. The van der Waals surface area contributed by atoms with Crippen LogP contribution in [0.3, 0.4) is 0 Å². The summed E-state index contributed by atoms with van der Waals surface area (Å²) in [4.78, 5) is 35.7. The van der Waals surface area contributed by atoms with Crippen LogP contribution in [0, 0.1) is 0 Å². The van der Waals surface area contributed by atoms with Crippen molar-refractivity contribution in [2.24, 2.45) is 4.99 Å². The first-order valence-corrected chi connectivity index (χ1v) is 15.4. The van der Waals surface area contributed by atoms with E-state index in [1.807, 2.05) is 46.9 Å². The van der Waals surface area contributed by atoms with E-state index in [1.54, 1.807) is 6.20 Å². The number of carbonyl (C=O) groups is 2. The van der Waals surface area contributed by atoms with Gasteiger partial charge in [0.25, 0.3) is 5.91 Å². The van der Waals surface area contributed by atoms with Gasteiger partial charge in [0.2, 0.25) is 6.41 Å². The van der Waals surface area contributed by atoms with Crippen LogP contribution in [0.15, 0.2) is 46.0 Å². The van der Waals surface area contributed by atoms with E-state index >= 15 is 0 Å². The molecular weight excluding hydrogens is 604 g/mol. The molecular formula is C30H35BrN6O3S. The zero-order valence-electron chi connectivity index (χ0n) is 23.7. The minimum atomic E-state index is -0.0179. The Balaban J connectivity index is 0.00000124. The fourth-order valence-electron chi connectivity index (χ4n) is 4.79. The minimum Gasteiger partial charge on any atom is -0.380 e. The summed E-state index contributed by atoms with van der Waals surface area (Å²) in [6.45, 7) is 12.3. The van der Waals surface area contributed by atoms with Crippen molar-refractivity contribution >= 4 is 57.0 Å². The molecule has 2 aliphatic rings. The van der Waals surface area contributed by atoms with E-state index in [4.69, 9.17) is 9.84 Å². The molecule has 2 amide bonds. The van der Waals surface area contributed by atoms with Gasteiger partial charge in [-0.05, 0) is 67.0 Å². The monoisotopic (exact) mass is 638 g/mol. The second kappa shape index (κ2) is 14.5. The topological polar surface area (TPSA) is 102 Å². The summed E-state index contributed by atoms with van der Waals surface area (Å²) in [6, 6.07) is 5.60. The number of anilines is 1. The third-order valence-electron chi connectivity index (χ3n) is 6.47. The van der Waals surface area contributed by atoms with Crippen molar-refractivity contribution in [2.75, 3.05) is 31.6 Å². The first kappa shape index (κ1) is 30.5. The highest BCUT2D eigenvalue weighted by Crippen LogP contribution is 2.44. The Morgan fingerprint density at radius 1 is 1.27 bits per heavy atom. The van der Waals surface area contributed by atoms with Crippen molar-refractivity contribution in [2.45, 2.75) is 46.5 Å². The number of hydrogen-bond donors (Lipinski definition) is 1. The third-order valence-corrected chi connectivity index (χ3v) is 8.14. The third kappa shape index (κ3) is 6.74. The SMILES string of the molecule is C=N/C=C(\C=C/C)c1nn(-c2ccc(C(=O)N3CCCOCC3)cc2Br)c2c1CCc1nc(NC=O)sc1-2.CCC. The number of benzene rings is 1. The summed E-state index contributed by atoms with van der Waals surface area (Å²) in [7, 11) is 0. The quantitative estimate of drug-likeness (QED) is 0.185. The van der Waals surface area contributed by atoms with E-state index in [0.29, 0.717) is 43.4 Å². The van der Waals surface area contributed by atoms with E-state index < -0.39 is 0 Å². The van der Waals surface area contributed by atoms with Gasteiger partial charge in [0.15, 0.2) is 5.13 Å². The zero-order valence-corrected chi connectivity index (χ0v) is 26.1. The molecule has 1 N–H and O–H groups in total. The summed E-state index contributed by atoms with van der Waals surface area (Å²) in [5.41, 5.74) is 5.97. The summed E-state index contributed by atoms with van der Waals surface area (Å²) in [5, 5.41) is 8.28. The Hall–Kier alpha value is -3.41. The number of rotatable bonds is 7. The minimum absolute atomic E-state index is 0.0179. The fourth-order valence-corrected chi connectivity index (χ4v) is 6.37. The molecule has 1 aliphatic carbocycles. The molecule has 0 bridgehead atoms. The van der Waals surface area contributed by atoms with E-state index in [2.05, 4.69) is 51.8 Å². The Bertz CT molecular complexity index is 1470. The number of nitrogens with zero attached hydrogens (tertiary/aromatic N) is 5. The van der Waals surface area contributed by atoms with Crippen LogP contribution < -0.4 is 5.32 Å². The maximum Gasteiger partial charge on any atom is 0.253 e. The number of nitrogens with one attached hydrogen (secondary N) is 1. The number of halogens is 1. The molecule has 0 unspecified atom stereocenters. The molecule has 1 fully saturated rings. The standard InChI is InChI=1S/C27H27BrN6O3S.C3H8/c1-3-5-18(15-29-2)23-19-7-8-21-25(38-27(31-21)30-16-35)24(19)34(32-23)22-9-6-17(14-20(22)28)26(36)33-10-4-12-37-13-11-33;1-3-2/h3,5-6,9,14-16H,2,4,7-8,10-13H2,1H3,(H,30,31,35);3H2,1-2H3/b5-3-,18-15+;. The lowest BCUT2D eigenvalue weighted by molar-refractivity contribution is -0.105. The second-order valence-electron chi connectivity index (χ2n) is 9.54.